The summed E-state index contributed by atoms with van der Waals surface area (Å²) in [6, 6.07) is 17.2. The first kappa shape index (κ1) is 30.8. The number of nitrogens with zero attached hydrogens (tertiary/aromatic N) is 1. The van der Waals surface area contributed by atoms with Crippen LogP contribution in [0.1, 0.15) is 38.5 Å². The van der Waals surface area contributed by atoms with E-state index in [1.54, 1.807) is 13.2 Å². The summed E-state index contributed by atoms with van der Waals surface area (Å²) in [5, 5.41) is 16.4. The maximum absolute atomic E-state index is 13.6. The first-order valence-electron chi connectivity index (χ1n) is 15.1. The minimum atomic E-state index is -1.38. The molecule has 1 heterocycles. The number of carboxylic acid groups (broad SMARTS) is 1. The second-order valence-electron chi connectivity index (χ2n) is 11.6. The highest BCUT2D eigenvalue weighted by atomic mass is 16.5. The average Bonchev–Trinajstić information content (AvgIpc) is 3.60. The molecule has 0 radical (unpaired) electrons. The number of unbranched alkanes of at least 4 members (excludes halogenated alkanes) is 2. The van der Waals surface area contributed by atoms with Crippen molar-refractivity contribution in [3.8, 4) is 22.8 Å². The summed E-state index contributed by atoms with van der Waals surface area (Å²) >= 11 is 0. The second kappa shape index (κ2) is 13.3. The number of amides is 2. The number of benzene rings is 2. The molecule has 9 heteroatoms. The molecule has 2 saturated carbocycles. The number of rotatable bonds is 14. The minimum absolute atomic E-state index is 0.232. The first-order chi connectivity index (χ1) is 21.3. The van der Waals surface area contributed by atoms with Gasteiger partial charge in [-0.2, -0.15) is 0 Å². The van der Waals surface area contributed by atoms with Crippen molar-refractivity contribution in [1.29, 1.82) is 0 Å². The van der Waals surface area contributed by atoms with E-state index in [0.717, 1.165) is 35.9 Å². The van der Waals surface area contributed by atoms with Crippen LogP contribution in [0.5, 0.6) is 11.5 Å². The first-order valence-corrected chi connectivity index (χ1v) is 15.1. The Labute approximate surface area is 257 Å². The van der Waals surface area contributed by atoms with Gasteiger partial charge in [-0.15, -0.1) is 13.2 Å². The Morgan fingerprint density at radius 3 is 2.45 bits per heavy atom. The van der Waals surface area contributed by atoms with Crippen molar-refractivity contribution >= 4 is 28.7 Å². The lowest BCUT2D eigenvalue weighted by molar-refractivity contribution is -0.144. The van der Waals surface area contributed by atoms with Crippen molar-refractivity contribution < 1.29 is 29.0 Å². The van der Waals surface area contributed by atoms with Crippen LogP contribution in [0.25, 0.3) is 22.2 Å². The summed E-state index contributed by atoms with van der Waals surface area (Å²) in [6.45, 7) is 7.93. The molecule has 5 atom stereocenters. The fraction of sp³-hybridized carbons (Fsp3) is 0.371. The number of ether oxygens (including phenoxy) is 2. The molecule has 2 aliphatic rings. The Morgan fingerprint density at radius 2 is 1.80 bits per heavy atom. The molecular formula is C35H39N3O6. The fourth-order valence-corrected chi connectivity index (χ4v) is 6.09. The SMILES string of the molecule is C=CCCCCNC(=O)C1CC(Oc2cc(-c3ccccc3)nc3cc(OC)ccc23)CC1C(=O)NC1(C(=O)O)CC1C=C. The molecule has 9 nitrogen and oxygen atoms in total. The molecule has 0 bridgehead atoms. The maximum atomic E-state index is 13.6. The number of methoxy groups -OCH3 is 1. The topological polar surface area (TPSA) is 127 Å². The normalized spacial score (nSPS) is 23.8. The van der Waals surface area contributed by atoms with E-state index in [9.17, 15) is 19.5 Å². The van der Waals surface area contributed by atoms with Crippen LogP contribution in [-0.2, 0) is 14.4 Å². The van der Waals surface area contributed by atoms with Crippen LogP contribution in [0.3, 0.4) is 0 Å². The molecule has 2 aliphatic carbocycles. The third kappa shape index (κ3) is 6.46. The third-order valence-electron chi connectivity index (χ3n) is 8.70. The summed E-state index contributed by atoms with van der Waals surface area (Å²) in [6.07, 6.45) is 6.33. The Kier molecular flexibility index (Phi) is 9.32. The number of allylic oxidation sites excluding steroid dienone is 1. The highest BCUT2D eigenvalue weighted by Gasteiger charge is 2.61. The number of pyridine rings is 1. The zero-order valence-electron chi connectivity index (χ0n) is 25.0. The van der Waals surface area contributed by atoms with Gasteiger partial charge < -0.3 is 25.2 Å². The lowest BCUT2D eigenvalue weighted by Crippen LogP contribution is -2.49. The monoisotopic (exact) mass is 597 g/mol. The average molecular weight is 598 g/mol. The van der Waals surface area contributed by atoms with E-state index in [0.29, 0.717) is 30.0 Å². The van der Waals surface area contributed by atoms with Crippen molar-refractivity contribution in [2.24, 2.45) is 17.8 Å². The van der Waals surface area contributed by atoms with Crippen LogP contribution in [0, 0.1) is 17.8 Å². The van der Waals surface area contributed by atoms with E-state index in [1.165, 1.54) is 0 Å². The van der Waals surface area contributed by atoms with Crippen molar-refractivity contribution in [3.05, 3.63) is 79.9 Å². The van der Waals surface area contributed by atoms with E-state index in [1.807, 2.05) is 60.7 Å². The van der Waals surface area contributed by atoms with Crippen molar-refractivity contribution in [1.82, 2.24) is 15.6 Å². The van der Waals surface area contributed by atoms with Crippen LogP contribution in [-0.4, -0.2) is 53.2 Å². The molecule has 1 aromatic heterocycles. The van der Waals surface area contributed by atoms with Crippen LogP contribution in [0.2, 0.25) is 0 Å². The van der Waals surface area contributed by atoms with E-state index < -0.39 is 35.4 Å². The Morgan fingerprint density at radius 1 is 1.05 bits per heavy atom. The highest BCUT2D eigenvalue weighted by molar-refractivity contribution is 5.94. The summed E-state index contributed by atoms with van der Waals surface area (Å²) in [5.41, 5.74) is 0.943. The minimum Gasteiger partial charge on any atom is -0.497 e. The van der Waals surface area contributed by atoms with Crippen LogP contribution in [0.4, 0.5) is 0 Å². The predicted molar refractivity (Wildman–Crippen MR) is 168 cm³/mol. The molecule has 3 N–H and O–H groups in total. The zero-order valence-corrected chi connectivity index (χ0v) is 25.0. The van der Waals surface area contributed by atoms with Gasteiger partial charge in [0.05, 0.1) is 30.2 Å². The van der Waals surface area contributed by atoms with E-state index in [-0.39, 0.29) is 24.7 Å². The van der Waals surface area contributed by atoms with E-state index in [2.05, 4.69) is 23.8 Å². The molecule has 44 heavy (non-hydrogen) atoms. The molecule has 2 aromatic carbocycles. The number of hydrogen-bond donors (Lipinski definition) is 3. The molecule has 230 valence electrons. The van der Waals surface area contributed by atoms with E-state index >= 15 is 0 Å². The molecule has 3 aromatic rings. The number of aliphatic carboxylic acids is 1. The molecule has 5 unspecified atom stereocenters. The Hall–Kier alpha value is -4.66. The van der Waals surface area contributed by atoms with Gasteiger partial charge in [-0.25, -0.2) is 9.78 Å². The lowest BCUT2D eigenvalue weighted by atomic mass is 9.93. The Bertz CT molecular complexity index is 1560. The van der Waals surface area contributed by atoms with E-state index in [4.69, 9.17) is 14.5 Å². The van der Waals surface area contributed by atoms with Gasteiger partial charge in [-0.1, -0.05) is 42.5 Å². The van der Waals surface area contributed by atoms with Gasteiger partial charge in [0.15, 0.2) is 0 Å². The third-order valence-corrected chi connectivity index (χ3v) is 8.70. The zero-order chi connectivity index (χ0) is 31.3. The number of aromatic nitrogens is 1. The Balaban J connectivity index is 1.41. The number of carbonyl (C=O) groups is 3. The van der Waals surface area contributed by atoms with Crippen LogP contribution < -0.4 is 20.1 Å². The predicted octanol–water partition coefficient (Wildman–Crippen LogP) is 5.30. The van der Waals surface area contributed by atoms with Gasteiger partial charge in [0.25, 0.3) is 0 Å². The number of carbonyl (C=O) groups excluding carboxylic acids is 2. The molecule has 0 aliphatic heterocycles. The molecule has 5 rings (SSSR count). The maximum Gasteiger partial charge on any atom is 0.330 e. The summed E-state index contributed by atoms with van der Waals surface area (Å²) in [5.74, 6) is -2.32. The highest BCUT2D eigenvalue weighted by Crippen LogP contribution is 2.46. The molecule has 2 amide bonds. The molecular weight excluding hydrogens is 558 g/mol. The van der Waals surface area contributed by atoms with Gasteiger partial charge in [0.1, 0.15) is 23.1 Å². The number of hydrogen-bond acceptors (Lipinski definition) is 6. The van der Waals surface area contributed by atoms with Crippen LogP contribution in [0.15, 0.2) is 79.9 Å². The summed E-state index contributed by atoms with van der Waals surface area (Å²) in [7, 11) is 1.60. The fourth-order valence-electron chi connectivity index (χ4n) is 6.09. The number of nitrogens with one attached hydrogen (secondary N) is 2. The lowest BCUT2D eigenvalue weighted by Gasteiger charge is -2.21. The van der Waals surface area contributed by atoms with Gasteiger partial charge in [0.2, 0.25) is 11.8 Å². The molecule has 0 saturated heterocycles. The van der Waals surface area contributed by atoms with Gasteiger partial charge >= 0.3 is 5.97 Å². The standard InChI is InChI=1S/C35H39N3O6/c1-4-6-7-11-16-36-32(39)27-17-25(18-28(27)33(40)38-35(34(41)42)21-23(35)5-2)44-31-20-29(22-12-9-8-10-13-22)37-30-19-24(43-3)14-15-26(30)31/h4-5,8-10,12-15,19-20,23,25,27-28H,1-2,6-7,11,16-18,21H2,3H3,(H,36,39)(H,38,40)(H,41,42). The van der Waals surface area contributed by atoms with Gasteiger partial charge in [-0.05, 0) is 50.7 Å². The molecule has 0 spiro atoms. The van der Waals surface area contributed by atoms with Gasteiger partial charge in [-0.3, -0.25) is 9.59 Å². The molecule has 2 fully saturated rings. The quantitative estimate of drug-likeness (QED) is 0.170. The van der Waals surface area contributed by atoms with Crippen LogP contribution >= 0.6 is 0 Å². The van der Waals surface area contributed by atoms with Crippen molar-refractivity contribution in [3.63, 3.8) is 0 Å². The largest absolute Gasteiger partial charge is 0.497 e. The number of carboxylic acids is 1. The second-order valence-corrected chi connectivity index (χ2v) is 11.6. The summed E-state index contributed by atoms with van der Waals surface area (Å²) < 4.78 is 12.0. The van der Waals surface area contributed by atoms with Crippen molar-refractivity contribution in [2.45, 2.75) is 50.2 Å². The number of fused-ring (bicyclic) bond motifs is 1. The van der Waals surface area contributed by atoms with Gasteiger partial charge in [0, 0.05) is 35.5 Å². The van der Waals surface area contributed by atoms with Crippen molar-refractivity contribution in [2.75, 3.05) is 13.7 Å². The smallest absolute Gasteiger partial charge is 0.330 e. The summed E-state index contributed by atoms with van der Waals surface area (Å²) in [4.78, 5) is 44.0.